The van der Waals surface area contributed by atoms with Crippen molar-refractivity contribution in [1.29, 1.82) is 0 Å². The second kappa shape index (κ2) is 7.75. The molecule has 0 bridgehead atoms. The van der Waals surface area contributed by atoms with E-state index in [0.29, 0.717) is 12.2 Å². The van der Waals surface area contributed by atoms with Gasteiger partial charge in [-0.25, -0.2) is 4.39 Å². The highest BCUT2D eigenvalue weighted by atomic mass is 19.1. The number of halogens is 1. The van der Waals surface area contributed by atoms with Crippen molar-refractivity contribution in [2.45, 2.75) is 59.1 Å². The zero-order valence-electron chi connectivity index (χ0n) is 13.4. The maximum Gasteiger partial charge on any atom is 0.126 e. The number of nitrogens with one attached hydrogen (secondary N) is 1. The molecule has 1 aromatic rings. The second-order valence-electron chi connectivity index (χ2n) is 5.49. The summed E-state index contributed by atoms with van der Waals surface area (Å²) in [6.45, 7) is 11.7. The Kier molecular flexibility index (Phi) is 6.63. The lowest BCUT2D eigenvalue weighted by Gasteiger charge is -2.38. The molecule has 0 heterocycles. The average Bonchev–Trinajstić information content (AvgIpc) is 2.43. The van der Waals surface area contributed by atoms with Crippen molar-refractivity contribution in [1.82, 2.24) is 5.32 Å². The molecule has 1 aromatic carbocycles. The molecule has 2 unspecified atom stereocenters. The van der Waals surface area contributed by atoms with E-state index in [0.717, 1.165) is 24.9 Å². The molecule has 0 radical (unpaired) electrons. The number of ether oxygens (including phenoxy) is 1. The van der Waals surface area contributed by atoms with Crippen molar-refractivity contribution in [3.8, 4) is 0 Å². The van der Waals surface area contributed by atoms with Gasteiger partial charge in [-0.2, -0.15) is 0 Å². The van der Waals surface area contributed by atoms with Crippen LogP contribution in [-0.4, -0.2) is 18.8 Å². The van der Waals surface area contributed by atoms with Crippen LogP contribution in [0, 0.1) is 12.7 Å². The normalized spacial score (nSPS) is 15.9. The van der Waals surface area contributed by atoms with E-state index in [1.54, 1.807) is 13.0 Å². The van der Waals surface area contributed by atoms with Crippen molar-refractivity contribution in [2.75, 3.05) is 13.2 Å². The van der Waals surface area contributed by atoms with E-state index in [-0.39, 0.29) is 17.5 Å². The van der Waals surface area contributed by atoms with Crippen molar-refractivity contribution >= 4 is 0 Å². The highest BCUT2D eigenvalue weighted by Gasteiger charge is 2.34. The standard InChI is InChI=1S/C17H28FNO/c1-6-11-19-16(17(5,7-2)20-8-3)14-10-9-13(4)15(18)12-14/h9-10,12,16,19H,6-8,11H2,1-5H3. The van der Waals surface area contributed by atoms with Gasteiger partial charge in [0.15, 0.2) is 0 Å². The first-order valence-corrected chi connectivity index (χ1v) is 7.61. The fraction of sp³-hybridized carbons (Fsp3) is 0.647. The molecule has 2 atom stereocenters. The lowest BCUT2D eigenvalue weighted by Crippen LogP contribution is -2.44. The third kappa shape index (κ3) is 4.03. The molecule has 0 spiro atoms. The van der Waals surface area contributed by atoms with Gasteiger partial charge < -0.3 is 10.1 Å². The smallest absolute Gasteiger partial charge is 0.126 e. The summed E-state index contributed by atoms with van der Waals surface area (Å²) in [5.74, 6) is -0.152. The van der Waals surface area contributed by atoms with Crippen molar-refractivity contribution in [2.24, 2.45) is 0 Å². The lowest BCUT2D eigenvalue weighted by molar-refractivity contribution is -0.0563. The molecule has 1 N–H and O–H groups in total. The van der Waals surface area contributed by atoms with Gasteiger partial charge in [-0.1, -0.05) is 26.0 Å². The molecule has 0 aliphatic heterocycles. The first-order valence-electron chi connectivity index (χ1n) is 7.61. The Morgan fingerprint density at radius 2 is 2.00 bits per heavy atom. The Morgan fingerprint density at radius 3 is 2.50 bits per heavy atom. The van der Waals surface area contributed by atoms with Gasteiger partial charge in [0.1, 0.15) is 5.82 Å². The van der Waals surface area contributed by atoms with Crippen LogP contribution in [0.5, 0.6) is 0 Å². The Labute approximate surface area is 122 Å². The number of benzene rings is 1. The maximum atomic E-state index is 13.9. The molecule has 2 nitrogen and oxygen atoms in total. The van der Waals surface area contributed by atoms with Crippen LogP contribution in [0.3, 0.4) is 0 Å². The Bertz CT molecular complexity index is 421. The van der Waals surface area contributed by atoms with E-state index in [9.17, 15) is 4.39 Å². The van der Waals surface area contributed by atoms with Crippen LogP contribution in [0.4, 0.5) is 4.39 Å². The van der Waals surface area contributed by atoms with Gasteiger partial charge in [0, 0.05) is 6.61 Å². The van der Waals surface area contributed by atoms with E-state index in [2.05, 4.69) is 26.1 Å². The van der Waals surface area contributed by atoms with Crippen LogP contribution in [-0.2, 0) is 4.74 Å². The number of aryl methyl sites for hydroxylation is 1. The van der Waals surface area contributed by atoms with E-state index in [1.807, 2.05) is 19.1 Å². The first-order chi connectivity index (χ1) is 9.48. The van der Waals surface area contributed by atoms with Crippen LogP contribution in [0.15, 0.2) is 18.2 Å². The van der Waals surface area contributed by atoms with Crippen LogP contribution in [0.1, 0.15) is 57.7 Å². The summed E-state index contributed by atoms with van der Waals surface area (Å²) >= 11 is 0. The van der Waals surface area contributed by atoms with Crippen molar-refractivity contribution in [3.05, 3.63) is 35.1 Å². The van der Waals surface area contributed by atoms with Gasteiger partial charge in [0.2, 0.25) is 0 Å². The molecular weight excluding hydrogens is 253 g/mol. The Balaban J connectivity index is 3.12. The first kappa shape index (κ1) is 17.1. The van der Waals surface area contributed by atoms with E-state index < -0.39 is 0 Å². The van der Waals surface area contributed by atoms with Gasteiger partial charge in [-0.05, 0) is 57.4 Å². The zero-order chi connectivity index (χ0) is 15.2. The summed E-state index contributed by atoms with van der Waals surface area (Å²) in [4.78, 5) is 0. The van der Waals surface area contributed by atoms with Gasteiger partial charge in [-0.15, -0.1) is 0 Å². The molecule has 3 heteroatoms. The minimum atomic E-state index is -0.328. The third-order valence-electron chi connectivity index (χ3n) is 3.91. The Morgan fingerprint density at radius 1 is 1.30 bits per heavy atom. The average molecular weight is 281 g/mol. The van der Waals surface area contributed by atoms with E-state index in [4.69, 9.17) is 4.74 Å². The number of hydrogen-bond donors (Lipinski definition) is 1. The van der Waals surface area contributed by atoms with Gasteiger partial charge in [0.05, 0.1) is 11.6 Å². The van der Waals surface area contributed by atoms with Crippen molar-refractivity contribution < 1.29 is 9.13 Å². The fourth-order valence-corrected chi connectivity index (χ4v) is 2.48. The monoisotopic (exact) mass is 281 g/mol. The minimum absolute atomic E-state index is 0.00231. The molecule has 0 aliphatic carbocycles. The number of hydrogen-bond acceptors (Lipinski definition) is 2. The molecule has 0 saturated heterocycles. The van der Waals surface area contributed by atoms with Gasteiger partial charge in [0.25, 0.3) is 0 Å². The number of rotatable bonds is 8. The summed E-state index contributed by atoms with van der Waals surface area (Å²) in [5.41, 5.74) is 1.31. The minimum Gasteiger partial charge on any atom is -0.374 e. The summed E-state index contributed by atoms with van der Waals surface area (Å²) in [7, 11) is 0. The van der Waals surface area contributed by atoms with Gasteiger partial charge >= 0.3 is 0 Å². The lowest BCUT2D eigenvalue weighted by atomic mass is 9.87. The fourth-order valence-electron chi connectivity index (χ4n) is 2.48. The van der Waals surface area contributed by atoms with E-state index >= 15 is 0 Å². The highest BCUT2D eigenvalue weighted by Crippen LogP contribution is 2.33. The van der Waals surface area contributed by atoms with Crippen LogP contribution < -0.4 is 5.32 Å². The van der Waals surface area contributed by atoms with Crippen LogP contribution in [0.2, 0.25) is 0 Å². The molecular formula is C17H28FNO. The quantitative estimate of drug-likeness (QED) is 0.763. The molecule has 114 valence electrons. The topological polar surface area (TPSA) is 21.3 Å². The van der Waals surface area contributed by atoms with Crippen LogP contribution in [0.25, 0.3) is 0 Å². The molecule has 0 amide bonds. The molecule has 0 aliphatic rings. The second-order valence-corrected chi connectivity index (χ2v) is 5.49. The summed E-state index contributed by atoms with van der Waals surface area (Å²) < 4.78 is 19.8. The highest BCUT2D eigenvalue weighted by molar-refractivity contribution is 5.27. The molecule has 20 heavy (non-hydrogen) atoms. The zero-order valence-corrected chi connectivity index (χ0v) is 13.4. The summed E-state index contributed by atoms with van der Waals surface area (Å²) in [6.07, 6.45) is 1.91. The van der Waals surface area contributed by atoms with Crippen LogP contribution >= 0.6 is 0 Å². The van der Waals surface area contributed by atoms with E-state index in [1.165, 1.54) is 0 Å². The molecule has 0 saturated carbocycles. The summed E-state index contributed by atoms with van der Waals surface area (Å²) in [5, 5.41) is 3.52. The summed E-state index contributed by atoms with van der Waals surface area (Å²) in [6, 6.07) is 5.48. The van der Waals surface area contributed by atoms with Gasteiger partial charge in [-0.3, -0.25) is 0 Å². The molecule has 1 rings (SSSR count). The SMILES string of the molecule is CCCNC(c1ccc(C)c(F)c1)C(C)(CC)OCC. The third-order valence-corrected chi connectivity index (χ3v) is 3.91. The molecule has 0 fully saturated rings. The predicted molar refractivity (Wildman–Crippen MR) is 82.5 cm³/mol. The largest absolute Gasteiger partial charge is 0.374 e. The maximum absolute atomic E-state index is 13.9. The predicted octanol–water partition coefficient (Wildman–Crippen LogP) is 4.38. The molecule has 0 aromatic heterocycles. The van der Waals surface area contributed by atoms with Crippen molar-refractivity contribution in [3.63, 3.8) is 0 Å². The Hall–Kier alpha value is -0.930.